The molecule has 0 aliphatic heterocycles. The zero-order valence-electron chi connectivity index (χ0n) is 12.7. The summed E-state index contributed by atoms with van der Waals surface area (Å²) in [5.74, 6) is 0.855. The Bertz CT molecular complexity index is 844. The average Bonchev–Trinajstić information content (AvgIpc) is 3.11. The number of thiazole rings is 1. The largest absolute Gasteiger partial charge is 0.463 e. The number of rotatable bonds is 3. The summed E-state index contributed by atoms with van der Waals surface area (Å²) < 4.78 is 7.71. The number of nitrogens with zero attached hydrogens (tertiary/aromatic N) is 2. The van der Waals surface area contributed by atoms with Gasteiger partial charge in [-0.2, -0.15) is 0 Å². The van der Waals surface area contributed by atoms with Gasteiger partial charge in [0.25, 0.3) is 0 Å². The first-order valence-corrected chi connectivity index (χ1v) is 8.37. The van der Waals surface area contributed by atoms with E-state index in [0.717, 1.165) is 32.5 Å². The fraction of sp³-hybridized carbons (Fsp3) is 0.235. The maximum atomic E-state index is 6.19. The van der Waals surface area contributed by atoms with Gasteiger partial charge in [0.05, 0.1) is 17.6 Å². The lowest BCUT2D eigenvalue weighted by molar-refractivity contribution is 0.548. The second-order valence-corrected chi connectivity index (χ2v) is 6.63. The number of furan rings is 1. The molecule has 0 unspecified atom stereocenters. The molecule has 5 heteroatoms. The predicted octanol–water partition coefficient (Wildman–Crippen LogP) is 5.58. The molecule has 3 aromatic rings. The van der Waals surface area contributed by atoms with Crippen LogP contribution >= 0.6 is 22.9 Å². The van der Waals surface area contributed by atoms with Gasteiger partial charge in [0.2, 0.25) is 0 Å². The van der Waals surface area contributed by atoms with E-state index in [2.05, 4.69) is 23.8 Å². The van der Waals surface area contributed by atoms with E-state index in [-0.39, 0.29) is 6.04 Å². The zero-order valence-corrected chi connectivity index (χ0v) is 14.3. The van der Waals surface area contributed by atoms with Crippen LogP contribution in [0.4, 0.5) is 5.69 Å². The third-order valence-corrected chi connectivity index (χ3v) is 4.66. The van der Waals surface area contributed by atoms with Gasteiger partial charge in [-0.05, 0) is 50.6 Å². The Morgan fingerprint density at radius 1 is 1.27 bits per heavy atom. The molecule has 0 amide bonds. The van der Waals surface area contributed by atoms with Crippen LogP contribution in [0.25, 0.3) is 11.5 Å². The normalized spacial score (nSPS) is 12.3. The third-order valence-electron chi connectivity index (χ3n) is 3.41. The number of aromatic nitrogens is 1. The fourth-order valence-electron chi connectivity index (χ4n) is 2.27. The molecule has 2 heterocycles. The highest BCUT2D eigenvalue weighted by Gasteiger charge is 2.12. The minimum Gasteiger partial charge on any atom is -0.463 e. The average molecular weight is 333 g/mol. The van der Waals surface area contributed by atoms with Crippen LogP contribution < -0.4 is 4.80 Å². The van der Waals surface area contributed by atoms with Crippen LogP contribution in [0.2, 0.25) is 5.02 Å². The van der Waals surface area contributed by atoms with Gasteiger partial charge < -0.3 is 8.98 Å². The second-order valence-electron chi connectivity index (χ2n) is 5.39. The zero-order chi connectivity index (χ0) is 15.7. The van der Waals surface area contributed by atoms with Crippen molar-refractivity contribution in [2.45, 2.75) is 26.8 Å². The summed E-state index contributed by atoms with van der Waals surface area (Å²) >= 11 is 7.79. The quantitative estimate of drug-likeness (QED) is 0.615. The molecule has 2 aromatic heterocycles. The third kappa shape index (κ3) is 2.89. The minimum atomic E-state index is 0.283. The lowest BCUT2D eigenvalue weighted by Crippen LogP contribution is -2.17. The topological polar surface area (TPSA) is 30.4 Å². The van der Waals surface area contributed by atoms with Crippen LogP contribution in [-0.4, -0.2) is 4.57 Å². The molecule has 0 N–H and O–H groups in total. The molecule has 0 atom stereocenters. The molecule has 0 fully saturated rings. The maximum Gasteiger partial charge on any atom is 0.190 e. The number of aryl methyl sites for hydroxylation is 1. The first kappa shape index (κ1) is 15.1. The van der Waals surface area contributed by atoms with Crippen molar-refractivity contribution in [3.8, 4) is 11.5 Å². The van der Waals surface area contributed by atoms with E-state index in [0.29, 0.717) is 0 Å². The Balaban J connectivity index is 2.14. The molecule has 22 heavy (non-hydrogen) atoms. The van der Waals surface area contributed by atoms with E-state index in [1.807, 2.05) is 37.3 Å². The lowest BCUT2D eigenvalue weighted by atomic mass is 10.2. The number of benzene rings is 1. The van der Waals surface area contributed by atoms with Crippen molar-refractivity contribution in [3.63, 3.8) is 0 Å². The highest BCUT2D eigenvalue weighted by Crippen LogP contribution is 2.25. The molecular formula is C17H17ClN2OS. The van der Waals surface area contributed by atoms with Crippen LogP contribution in [0.3, 0.4) is 0 Å². The predicted molar refractivity (Wildman–Crippen MR) is 91.8 cm³/mol. The van der Waals surface area contributed by atoms with Crippen LogP contribution in [0.5, 0.6) is 0 Å². The molecule has 0 saturated carbocycles. The molecule has 1 aromatic carbocycles. The van der Waals surface area contributed by atoms with Crippen molar-refractivity contribution in [1.82, 2.24) is 4.57 Å². The second kappa shape index (κ2) is 6.15. The Labute approximate surface area is 138 Å². The Hall–Kier alpha value is -1.78. The van der Waals surface area contributed by atoms with Gasteiger partial charge in [-0.1, -0.05) is 17.7 Å². The van der Waals surface area contributed by atoms with E-state index >= 15 is 0 Å². The van der Waals surface area contributed by atoms with E-state index in [4.69, 9.17) is 21.0 Å². The summed E-state index contributed by atoms with van der Waals surface area (Å²) in [7, 11) is 0. The van der Waals surface area contributed by atoms with E-state index in [1.54, 1.807) is 17.6 Å². The van der Waals surface area contributed by atoms with Gasteiger partial charge in [0, 0.05) is 16.4 Å². The van der Waals surface area contributed by atoms with Gasteiger partial charge in [-0.3, -0.25) is 0 Å². The summed E-state index contributed by atoms with van der Waals surface area (Å²) in [5.41, 5.74) is 2.96. The molecule has 3 nitrogen and oxygen atoms in total. The molecule has 114 valence electrons. The maximum absolute atomic E-state index is 6.19. The fourth-order valence-corrected chi connectivity index (χ4v) is 3.47. The van der Waals surface area contributed by atoms with Crippen LogP contribution in [0, 0.1) is 6.92 Å². The first-order valence-electron chi connectivity index (χ1n) is 7.11. The first-order chi connectivity index (χ1) is 10.6. The molecule has 0 spiro atoms. The number of hydrogen-bond acceptors (Lipinski definition) is 3. The molecule has 0 aliphatic carbocycles. The van der Waals surface area contributed by atoms with Gasteiger partial charge >= 0.3 is 0 Å². The minimum absolute atomic E-state index is 0.283. The molecule has 3 rings (SSSR count). The molecular weight excluding hydrogens is 316 g/mol. The molecule has 0 saturated heterocycles. The van der Waals surface area contributed by atoms with Crippen molar-refractivity contribution >= 4 is 28.6 Å². The lowest BCUT2D eigenvalue weighted by Gasteiger charge is -2.11. The van der Waals surface area contributed by atoms with E-state index < -0.39 is 0 Å². The summed E-state index contributed by atoms with van der Waals surface area (Å²) in [6.07, 6.45) is 1.69. The monoisotopic (exact) mass is 332 g/mol. The standard InChI is InChI=1S/C17H17ClN2OS/c1-11(2)20-15(16-5-4-8-21-16)10-22-17(20)19-13-7-6-12(3)14(18)9-13/h4-11H,1-3H3. The van der Waals surface area contributed by atoms with E-state index in [9.17, 15) is 0 Å². The van der Waals surface area contributed by atoms with Gasteiger partial charge in [0.1, 0.15) is 0 Å². The summed E-state index contributed by atoms with van der Waals surface area (Å²) in [6, 6.07) is 10.0. The Kier molecular flexibility index (Phi) is 4.23. The summed E-state index contributed by atoms with van der Waals surface area (Å²) in [4.78, 5) is 5.68. The number of halogens is 1. The van der Waals surface area contributed by atoms with Crippen molar-refractivity contribution in [2.75, 3.05) is 0 Å². The highest BCUT2D eigenvalue weighted by atomic mass is 35.5. The molecule has 0 aliphatic rings. The molecule has 0 bridgehead atoms. The van der Waals surface area contributed by atoms with Gasteiger partial charge in [0.15, 0.2) is 10.6 Å². The summed E-state index contributed by atoms with van der Waals surface area (Å²) in [6.45, 7) is 6.27. The van der Waals surface area contributed by atoms with E-state index in [1.165, 1.54) is 0 Å². The van der Waals surface area contributed by atoms with Crippen molar-refractivity contribution < 1.29 is 4.42 Å². The van der Waals surface area contributed by atoms with Gasteiger partial charge in [-0.15, -0.1) is 11.3 Å². The summed E-state index contributed by atoms with van der Waals surface area (Å²) in [5, 5.41) is 2.81. The SMILES string of the molecule is Cc1ccc(N=c2scc(-c3ccco3)n2C(C)C)cc1Cl. The molecule has 0 radical (unpaired) electrons. The van der Waals surface area contributed by atoms with Crippen LogP contribution in [-0.2, 0) is 0 Å². The van der Waals surface area contributed by atoms with Crippen molar-refractivity contribution in [2.24, 2.45) is 4.99 Å². The Morgan fingerprint density at radius 3 is 2.73 bits per heavy atom. The van der Waals surface area contributed by atoms with Crippen molar-refractivity contribution in [3.05, 3.63) is 57.4 Å². The number of hydrogen-bond donors (Lipinski definition) is 0. The Morgan fingerprint density at radius 2 is 2.09 bits per heavy atom. The smallest absolute Gasteiger partial charge is 0.190 e. The van der Waals surface area contributed by atoms with Gasteiger partial charge in [-0.25, -0.2) is 4.99 Å². The van der Waals surface area contributed by atoms with Crippen LogP contribution in [0.15, 0.2) is 51.4 Å². The highest BCUT2D eigenvalue weighted by molar-refractivity contribution is 7.07. The van der Waals surface area contributed by atoms with Crippen LogP contribution in [0.1, 0.15) is 25.5 Å². The van der Waals surface area contributed by atoms with Crippen molar-refractivity contribution in [1.29, 1.82) is 0 Å².